The van der Waals surface area contributed by atoms with Crippen molar-refractivity contribution < 1.29 is 4.79 Å². The number of likely N-dealkylation sites (tertiary alicyclic amines) is 1. The number of carbonyl (C=O) groups is 1. The van der Waals surface area contributed by atoms with Gasteiger partial charge in [0, 0.05) is 23.0 Å². The number of hydrogen-bond acceptors (Lipinski definition) is 2. The lowest BCUT2D eigenvalue weighted by atomic mass is 9.95. The van der Waals surface area contributed by atoms with E-state index in [-0.39, 0.29) is 18.0 Å². The van der Waals surface area contributed by atoms with Gasteiger partial charge in [0.15, 0.2) is 0 Å². The van der Waals surface area contributed by atoms with Crippen LogP contribution in [-0.2, 0) is 4.79 Å². The van der Waals surface area contributed by atoms with Gasteiger partial charge in [0.05, 0.1) is 6.04 Å². The number of hydrogen-bond donors (Lipinski definition) is 1. The number of amides is 1. The van der Waals surface area contributed by atoms with Crippen LogP contribution in [0.15, 0.2) is 22.7 Å². The number of carbonyl (C=O) groups excluding carboxylic acids is 1. The normalized spacial score (nSPS) is 27.6. The van der Waals surface area contributed by atoms with Crippen molar-refractivity contribution in [1.82, 2.24) is 4.90 Å². The van der Waals surface area contributed by atoms with E-state index in [1.165, 1.54) is 5.56 Å². The minimum absolute atomic E-state index is 0.0365. The molecular weight excluding hydrogens is 316 g/mol. The molecule has 1 aromatic rings. The average molecular weight is 337 g/mol. The summed E-state index contributed by atoms with van der Waals surface area (Å²) in [5.41, 5.74) is 8.78. The molecule has 2 aliphatic rings. The third kappa shape index (κ3) is 2.63. The van der Waals surface area contributed by atoms with Crippen molar-refractivity contribution in [2.75, 3.05) is 0 Å². The molecule has 1 heterocycles. The lowest BCUT2D eigenvalue weighted by Gasteiger charge is -2.34. The average Bonchev–Trinajstić information content (AvgIpc) is 3.22. The molecule has 2 atom stereocenters. The summed E-state index contributed by atoms with van der Waals surface area (Å²) in [6.45, 7) is 2.07. The first kappa shape index (κ1) is 14.1. The van der Waals surface area contributed by atoms with Gasteiger partial charge in [-0.25, -0.2) is 0 Å². The molecule has 2 fully saturated rings. The first-order valence-electron chi connectivity index (χ1n) is 7.40. The van der Waals surface area contributed by atoms with Crippen molar-refractivity contribution in [2.24, 2.45) is 5.73 Å². The van der Waals surface area contributed by atoms with Crippen LogP contribution >= 0.6 is 15.9 Å². The van der Waals surface area contributed by atoms with Crippen LogP contribution in [0.25, 0.3) is 0 Å². The van der Waals surface area contributed by atoms with Crippen LogP contribution in [0.4, 0.5) is 0 Å². The highest BCUT2D eigenvalue weighted by Gasteiger charge is 2.41. The summed E-state index contributed by atoms with van der Waals surface area (Å²) in [6, 6.07) is 6.85. The first-order valence-corrected chi connectivity index (χ1v) is 8.20. The Morgan fingerprint density at radius 1 is 1.30 bits per heavy atom. The topological polar surface area (TPSA) is 46.3 Å². The van der Waals surface area contributed by atoms with E-state index in [4.69, 9.17) is 5.73 Å². The van der Waals surface area contributed by atoms with Gasteiger partial charge in [-0.1, -0.05) is 28.1 Å². The highest BCUT2D eigenvalue weighted by Crippen LogP contribution is 2.40. The molecule has 1 amide bonds. The molecule has 0 bridgehead atoms. The SMILES string of the molecule is Cc1ccc(C2C(N)CCCC(=O)N2C2CC2)cc1Br. The smallest absolute Gasteiger partial charge is 0.223 e. The zero-order chi connectivity index (χ0) is 14.3. The maximum atomic E-state index is 12.4. The van der Waals surface area contributed by atoms with Crippen molar-refractivity contribution >= 4 is 21.8 Å². The van der Waals surface area contributed by atoms with Crippen molar-refractivity contribution in [3.05, 3.63) is 33.8 Å². The highest BCUT2D eigenvalue weighted by atomic mass is 79.9. The summed E-state index contributed by atoms with van der Waals surface area (Å²) in [4.78, 5) is 14.5. The van der Waals surface area contributed by atoms with Crippen molar-refractivity contribution in [3.8, 4) is 0 Å². The van der Waals surface area contributed by atoms with Crippen molar-refractivity contribution in [1.29, 1.82) is 0 Å². The van der Waals surface area contributed by atoms with E-state index >= 15 is 0 Å². The molecule has 0 radical (unpaired) electrons. The van der Waals surface area contributed by atoms with E-state index in [1.807, 2.05) is 0 Å². The predicted molar refractivity (Wildman–Crippen MR) is 83.3 cm³/mol. The summed E-state index contributed by atoms with van der Waals surface area (Å²) in [5.74, 6) is 0.280. The molecule has 108 valence electrons. The summed E-state index contributed by atoms with van der Waals surface area (Å²) in [5, 5.41) is 0. The zero-order valence-electron chi connectivity index (χ0n) is 11.8. The number of aryl methyl sites for hydroxylation is 1. The first-order chi connectivity index (χ1) is 9.58. The number of halogens is 1. The number of nitrogens with zero attached hydrogens (tertiary/aromatic N) is 1. The Balaban J connectivity index is 2.00. The lowest BCUT2D eigenvalue weighted by molar-refractivity contribution is -0.133. The van der Waals surface area contributed by atoms with E-state index in [2.05, 4.69) is 46.0 Å². The van der Waals surface area contributed by atoms with Gasteiger partial charge in [-0.2, -0.15) is 0 Å². The summed E-state index contributed by atoms with van der Waals surface area (Å²) < 4.78 is 1.09. The Kier molecular flexibility index (Phi) is 3.87. The summed E-state index contributed by atoms with van der Waals surface area (Å²) >= 11 is 3.60. The molecule has 4 heteroatoms. The van der Waals surface area contributed by atoms with Crippen molar-refractivity contribution in [3.63, 3.8) is 0 Å². The van der Waals surface area contributed by atoms with Gasteiger partial charge in [0.1, 0.15) is 0 Å². The van der Waals surface area contributed by atoms with E-state index in [0.29, 0.717) is 12.5 Å². The molecule has 1 saturated carbocycles. The maximum absolute atomic E-state index is 12.4. The van der Waals surface area contributed by atoms with Crippen molar-refractivity contribution in [2.45, 2.75) is 57.2 Å². The van der Waals surface area contributed by atoms with Gasteiger partial charge in [-0.05, 0) is 49.8 Å². The molecule has 1 aromatic carbocycles. The molecule has 1 aliphatic heterocycles. The second-order valence-corrected chi connectivity index (χ2v) is 6.90. The fraction of sp³-hybridized carbons (Fsp3) is 0.562. The summed E-state index contributed by atoms with van der Waals surface area (Å²) in [7, 11) is 0. The molecule has 3 nitrogen and oxygen atoms in total. The monoisotopic (exact) mass is 336 g/mol. The number of nitrogens with two attached hydrogens (primary N) is 1. The van der Waals surface area contributed by atoms with Crippen LogP contribution < -0.4 is 5.73 Å². The van der Waals surface area contributed by atoms with Crippen LogP contribution in [0, 0.1) is 6.92 Å². The van der Waals surface area contributed by atoms with Crippen LogP contribution in [0.2, 0.25) is 0 Å². The van der Waals surface area contributed by atoms with Crippen LogP contribution in [0.3, 0.4) is 0 Å². The van der Waals surface area contributed by atoms with Gasteiger partial charge in [0.2, 0.25) is 5.91 Å². The van der Waals surface area contributed by atoms with E-state index in [9.17, 15) is 4.79 Å². The van der Waals surface area contributed by atoms with Gasteiger partial charge in [-0.3, -0.25) is 4.79 Å². The zero-order valence-corrected chi connectivity index (χ0v) is 13.4. The molecule has 3 rings (SSSR count). The molecule has 0 spiro atoms. The third-order valence-corrected chi connectivity index (χ3v) is 5.25. The molecule has 2 unspecified atom stereocenters. The third-order valence-electron chi connectivity index (χ3n) is 4.40. The Morgan fingerprint density at radius 3 is 2.70 bits per heavy atom. The molecule has 0 aromatic heterocycles. The van der Waals surface area contributed by atoms with Gasteiger partial charge < -0.3 is 10.6 Å². The van der Waals surface area contributed by atoms with Gasteiger partial charge in [-0.15, -0.1) is 0 Å². The Morgan fingerprint density at radius 2 is 2.05 bits per heavy atom. The minimum atomic E-state index is 0.0365. The molecule has 1 aliphatic carbocycles. The largest absolute Gasteiger partial charge is 0.331 e. The van der Waals surface area contributed by atoms with Crippen LogP contribution in [0.5, 0.6) is 0 Å². The van der Waals surface area contributed by atoms with E-state index in [1.54, 1.807) is 0 Å². The molecule has 2 N–H and O–H groups in total. The summed E-state index contributed by atoms with van der Waals surface area (Å²) in [6.07, 6.45) is 4.73. The van der Waals surface area contributed by atoms with E-state index in [0.717, 1.165) is 35.7 Å². The Hall–Kier alpha value is -0.870. The number of rotatable bonds is 2. The van der Waals surface area contributed by atoms with Gasteiger partial charge >= 0.3 is 0 Å². The second kappa shape index (κ2) is 5.49. The molecular formula is C16H21BrN2O. The Bertz CT molecular complexity index is 527. The van der Waals surface area contributed by atoms with E-state index < -0.39 is 0 Å². The lowest BCUT2D eigenvalue weighted by Crippen LogP contribution is -2.43. The second-order valence-electron chi connectivity index (χ2n) is 6.04. The Labute approximate surface area is 128 Å². The standard InChI is InChI=1S/C16H21BrN2O/c1-10-5-6-11(9-13(10)17)16-14(18)3-2-4-15(20)19(16)12-7-8-12/h5-6,9,12,14,16H,2-4,7-8,18H2,1H3. The van der Waals surface area contributed by atoms with Crippen LogP contribution in [0.1, 0.15) is 49.3 Å². The fourth-order valence-corrected chi connectivity index (χ4v) is 3.52. The fourth-order valence-electron chi connectivity index (χ4n) is 3.12. The highest BCUT2D eigenvalue weighted by molar-refractivity contribution is 9.10. The number of benzene rings is 1. The minimum Gasteiger partial charge on any atom is -0.331 e. The van der Waals surface area contributed by atoms with Crippen LogP contribution in [-0.4, -0.2) is 22.9 Å². The quantitative estimate of drug-likeness (QED) is 0.900. The maximum Gasteiger partial charge on any atom is 0.223 e. The molecule has 20 heavy (non-hydrogen) atoms. The predicted octanol–water partition coefficient (Wildman–Crippen LogP) is 3.30. The van der Waals surface area contributed by atoms with Gasteiger partial charge in [0.25, 0.3) is 0 Å². The molecule has 1 saturated heterocycles.